The summed E-state index contributed by atoms with van der Waals surface area (Å²) in [6, 6.07) is 11.7. The van der Waals surface area contributed by atoms with Gasteiger partial charge in [-0.05, 0) is 49.4 Å². The summed E-state index contributed by atoms with van der Waals surface area (Å²) in [5.41, 5.74) is 0.0473. The van der Waals surface area contributed by atoms with Crippen molar-refractivity contribution >= 4 is 23.4 Å². The largest absolute Gasteiger partial charge is 0.497 e. The van der Waals surface area contributed by atoms with Gasteiger partial charge in [0.1, 0.15) is 5.75 Å². The number of H-pyrrole nitrogens is 1. The number of hydrogen-bond acceptors (Lipinski definition) is 5. The zero-order chi connectivity index (χ0) is 21.0. The molecular formula is C19H17F3N4O2S. The number of carbonyl (C=O) groups excluding carboxylic acids is 1. The molecule has 0 aliphatic rings. The predicted octanol–water partition coefficient (Wildman–Crippen LogP) is 4.62. The van der Waals surface area contributed by atoms with Crippen LogP contribution in [0.1, 0.15) is 12.5 Å². The van der Waals surface area contributed by atoms with Gasteiger partial charge in [-0.15, -0.1) is 5.10 Å². The molecule has 1 unspecified atom stereocenters. The maximum absolute atomic E-state index is 12.8. The lowest BCUT2D eigenvalue weighted by Gasteiger charge is -2.12. The summed E-state index contributed by atoms with van der Waals surface area (Å²) in [6.45, 7) is 1.62. The third kappa shape index (κ3) is 5.29. The van der Waals surface area contributed by atoms with Crippen molar-refractivity contribution < 1.29 is 22.7 Å². The van der Waals surface area contributed by atoms with Crippen LogP contribution < -0.4 is 10.1 Å². The fraction of sp³-hybridized carbons (Fsp3) is 0.211. The molecule has 3 aromatic rings. The van der Waals surface area contributed by atoms with Crippen LogP contribution in [0.25, 0.3) is 11.4 Å². The molecule has 0 aliphatic carbocycles. The molecule has 0 saturated heterocycles. The van der Waals surface area contributed by atoms with Crippen molar-refractivity contribution in [3.63, 3.8) is 0 Å². The van der Waals surface area contributed by atoms with Gasteiger partial charge in [-0.2, -0.15) is 13.2 Å². The van der Waals surface area contributed by atoms with Gasteiger partial charge < -0.3 is 10.1 Å². The van der Waals surface area contributed by atoms with E-state index in [-0.39, 0.29) is 5.69 Å². The number of nitrogens with zero attached hydrogens (tertiary/aromatic N) is 2. The lowest BCUT2D eigenvalue weighted by molar-refractivity contribution is -0.137. The number of methoxy groups -OCH3 is 1. The van der Waals surface area contributed by atoms with Crippen LogP contribution in [0.5, 0.6) is 5.75 Å². The van der Waals surface area contributed by atoms with Crippen LogP contribution in [0.15, 0.2) is 53.7 Å². The number of benzene rings is 2. The zero-order valence-electron chi connectivity index (χ0n) is 15.4. The summed E-state index contributed by atoms with van der Waals surface area (Å²) in [5, 5.41) is 9.09. The minimum Gasteiger partial charge on any atom is -0.497 e. The van der Waals surface area contributed by atoms with Crippen molar-refractivity contribution in [3.05, 3.63) is 54.1 Å². The van der Waals surface area contributed by atoms with Gasteiger partial charge in [0.25, 0.3) is 0 Å². The second-order valence-corrected chi connectivity index (χ2v) is 7.33. The van der Waals surface area contributed by atoms with Gasteiger partial charge in [0, 0.05) is 11.3 Å². The molecule has 0 radical (unpaired) electrons. The van der Waals surface area contributed by atoms with E-state index in [9.17, 15) is 18.0 Å². The van der Waals surface area contributed by atoms with E-state index in [4.69, 9.17) is 4.74 Å². The van der Waals surface area contributed by atoms with E-state index in [1.165, 1.54) is 12.1 Å². The Hall–Kier alpha value is -3.01. The number of aromatic nitrogens is 3. The van der Waals surface area contributed by atoms with Gasteiger partial charge in [0.05, 0.1) is 17.9 Å². The van der Waals surface area contributed by atoms with Gasteiger partial charge in [-0.3, -0.25) is 9.89 Å². The van der Waals surface area contributed by atoms with E-state index in [2.05, 4.69) is 20.5 Å². The van der Waals surface area contributed by atoms with Gasteiger partial charge >= 0.3 is 6.18 Å². The van der Waals surface area contributed by atoms with Gasteiger partial charge in [-0.25, -0.2) is 4.98 Å². The lowest BCUT2D eigenvalue weighted by Crippen LogP contribution is -2.22. The number of hydrogen-bond donors (Lipinski definition) is 2. The number of halogens is 3. The Morgan fingerprint density at radius 2 is 1.93 bits per heavy atom. The monoisotopic (exact) mass is 422 g/mol. The predicted molar refractivity (Wildman–Crippen MR) is 104 cm³/mol. The standard InChI is InChI=1S/C19H17F3N4O2S/c1-11(17(27)23-14-5-3-4-13(10-14)19(20,21)22)29-18-24-16(25-26-18)12-6-8-15(28-2)9-7-12/h3-11H,1-2H3,(H,23,27)(H,24,25,26). The molecule has 1 aromatic heterocycles. The molecular weight excluding hydrogens is 405 g/mol. The Labute approximate surface area is 168 Å². The maximum Gasteiger partial charge on any atom is 0.416 e. The number of carbonyl (C=O) groups is 1. The normalized spacial score (nSPS) is 12.4. The van der Waals surface area contributed by atoms with Crippen LogP contribution in [0.2, 0.25) is 0 Å². The smallest absolute Gasteiger partial charge is 0.416 e. The highest BCUT2D eigenvalue weighted by Crippen LogP contribution is 2.31. The number of aromatic amines is 1. The Morgan fingerprint density at radius 1 is 1.21 bits per heavy atom. The van der Waals surface area contributed by atoms with Crippen LogP contribution in [0, 0.1) is 0 Å². The number of alkyl halides is 3. The van der Waals surface area contributed by atoms with Crippen LogP contribution in [0.4, 0.5) is 18.9 Å². The molecule has 1 amide bonds. The first-order valence-electron chi connectivity index (χ1n) is 8.48. The molecule has 1 heterocycles. The molecule has 2 N–H and O–H groups in total. The summed E-state index contributed by atoms with van der Waals surface area (Å²) in [5.74, 6) is 0.786. The van der Waals surface area contributed by atoms with Crippen LogP contribution in [-0.4, -0.2) is 33.4 Å². The molecule has 152 valence electrons. The fourth-order valence-corrected chi connectivity index (χ4v) is 3.13. The number of thioether (sulfide) groups is 1. The zero-order valence-corrected chi connectivity index (χ0v) is 16.3. The minimum absolute atomic E-state index is 0.0752. The molecule has 0 aliphatic heterocycles. The van der Waals surface area contributed by atoms with E-state index < -0.39 is 22.9 Å². The van der Waals surface area contributed by atoms with Crippen LogP contribution >= 0.6 is 11.8 Å². The number of rotatable bonds is 6. The number of nitrogens with one attached hydrogen (secondary N) is 2. The topological polar surface area (TPSA) is 79.9 Å². The molecule has 0 fully saturated rings. The molecule has 2 aromatic carbocycles. The Morgan fingerprint density at radius 3 is 2.59 bits per heavy atom. The summed E-state index contributed by atoms with van der Waals surface area (Å²) in [4.78, 5) is 16.7. The third-order valence-electron chi connectivity index (χ3n) is 3.94. The molecule has 0 bridgehead atoms. The van der Waals surface area contributed by atoms with Gasteiger partial charge in [0.15, 0.2) is 5.82 Å². The Balaban J connectivity index is 1.63. The third-order valence-corrected chi connectivity index (χ3v) is 4.90. The highest BCUT2D eigenvalue weighted by molar-refractivity contribution is 8.00. The van der Waals surface area contributed by atoms with E-state index in [0.29, 0.717) is 16.7 Å². The average molecular weight is 422 g/mol. The number of anilines is 1. The highest BCUT2D eigenvalue weighted by Gasteiger charge is 2.30. The van der Waals surface area contributed by atoms with Crippen molar-refractivity contribution in [3.8, 4) is 17.1 Å². The SMILES string of the molecule is COc1ccc(-c2nc(SC(C)C(=O)Nc3cccc(C(F)(F)F)c3)n[nH]2)cc1. The first-order chi connectivity index (χ1) is 13.8. The summed E-state index contributed by atoms with van der Waals surface area (Å²) >= 11 is 1.09. The van der Waals surface area contributed by atoms with Crippen molar-refractivity contribution in [2.75, 3.05) is 12.4 Å². The molecule has 0 spiro atoms. The first-order valence-corrected chi connectivity index (χ1v) is 9.36. The maximum atomic E-state index is 12.8. The second-order valence-electron chi connectivity index (χ2n) is 6.02. The highest BCUT2D eigenvalue weighted by atomic mass is 32.2. The van der Waals surface area contributed by atoms with E-state index in [0.717, 1.165) is 29.5 Å². The fourth-order valence-electron chi connectivity index (χ4n) is 2.41. The van der Waals surface area contributed by atoms with Crippen molar-refractivity contribution in [1.29, 1.82) is 0 Å². The molecule has 29 heavy (non-hydrogen) atoms. The summed E-state index contributed by atoms with van der Waals surface area (Å²) in [6.07, 6.45) is -4.47. The average Bonchev–Trinajstić information content (AvgIpc) is 3.16. The molecule has 3 rings (SSSR count). The van der Waals surface area contributed by atoms with Crippen LogP contribution in [-0.2, 0) is 11.0 Å². The molecule has 10 heteroatoms. The van der Waals surface area contributed by atoms with E-state index >= 15 is 0 Å². The Bertz CT molecular complexity index is 990. The number of ether oxygens (including phenoxy) is 1. The van der Waals surface area contributed by atoms with E-state index in [1.807, 2.05) is 12.1 Å². The summed E-state index contributed by atoms with van der Waals surface area (Å²) < 4.78 is 43.5. The second kappa shape index (κ2) is 8.56. The molecule has 6 nitrogen and oxygen atoms in total. The molecule has 0 saturated carbocycles. The van der Waals surface area contributed by atoms with Crippen molar-refractivity contribution in [1.82, 2.24) is 15.2 Å². The quantitative estimate of drug-likeness (QED) is 0.567. The first kappa shape index (κ1) is 20.7. The van der Waals surface area contributed by atoms with Crippen LogP contribution in [0.3, 0.4) is 0 Å². The van der Waals surface area contributed by atoms with Crippen molar-refractivity contribution in [2.45, 2.75) is 23.5 Å². The van der Waals surface area contributed by atoms with Gasteiger partial charge in [-0.1, -0.05) is 17.8 Å². The summed E-state index contributed by atoms with van der Waals surface area (Å²) in [7, 11) is 1.57. The van der Waals surface area contributed by atoms with E-state index in [1.54, 1.807) is 26.2 Å². The Kier molecular flexibility index (Phi) is 6.12. The molecule has 1 atom stereocenters. The minimum atomic E-state index is -4.47. The lowest BCUT2D eigenvalue weighted by atomic mass is 10.2. The van der Waals surface area contributed by atoms with Crippen molar-refractivity contribution in [2.24, 2.45) is 0 Å². The van der Waals surface area contributed by atoms with Gasteiger partial charge in [0.2, 0.25) is 11.1 Å². The number of amides is 1.